The molecule has 0 bridgehead atoms. The number of nitrogens with zero attached hydrogens (tertiary/aromatic N) is 2. The molecule has 0 N–H and O–H groups in total. The molecule has 1 amide bonds. The summed E-state index contributed by atoms with van der Waals surface area (Å²) in [7, 11) is -0.532. The molecule has 0 atom stereocenters. The first-order valence-electron chi connectivity index (χ1n) is 12.4. The highest BCUT2D eigenvalue weighted by atomic mass is 28.3. The van der Waals surface area contributed by atoms with Crippen molar-refractivity contribution in [2.24, 2.45) is 0 Å². The van der Waals surface area contributed by atoms with Crippen molar-refractivity contribution in [3.05, 3.63) is 76.6 Å². The van der Waals surface area contributed by atoms with Crippen LogP contribution in [0.4, 0.5) is 32.0 Å². The van der Waals surface area contributed by atoms with E-state index in [9.17, 15) is 31.1 Å². The Morgan fingerprint density at radius 1 is 0.925 bits per heavy atom. The van der Waals surface area contributed by atoms with Crippen LogP contribution in [0.15, 0.2) is 48.7 Å². The van der Waals surface area contributed by atoms with Gasteiger partial charge in [0.25, 0.3) is 0 Å². The van der Waals surface area contributed by atoms with Gasteiger partial charge in [0.15, 0.2) is 0 Å². The van der Waals surface area contributed by atoms with E-state index in [4.69, 9.17) is 6.42 Å². The summed E-state index contributed by atoms with van der Waals surface area (Å²) in [6.45, 7) is 11.0. The van der Waals surface area contributed by atoms with E-state index < -0.39 is 48.4 Å². The van der Waals surface area contributed by atoms with E-state index in [0.29, 0.717) is 17.7 Å². The number of anilines is 1. The number of likely N-dealkylation sites (N-methyl/N-ethyl adjacent to an activating group) is 1. The number of benzene rings is 2. The van der Waals surface area contributed by atoms with E-state index in [2.05, 4.69) is 30.5 Å². The molecule has 0 saturated carbocycles. The molecule has 3 nitrogen and oxygen atoms in total. The summed E-state index contributed by atoms with van der Waals surface area (Å²) in [6, 6.07) is 8.80. The molecule has 0 aliphatic rings. The monoisotopic (exact) mass is 576 g/mol. The van der Waals surface area contributed by atoms with Gasteiger partial charge in [-0.15, -0.1) is 6.42 Å². The lowest BCUT2D eigenvalue weighted by Gasteiger charge is -2.33. The Balaban J connectivity index is 2.27. The highest BCUT2D eigenvalue weighted by Crippen LogP contribution is 2.41. The maximum Gasteiger partial charge on any atom is 0.416 e. The number of amides is 1. The van der Waals surface area contributed by atoms with Gasteiger partial charge in [-0.05, 0) is 67.6 Å². The van der Waals surface area contributed by atoms with Gasteiger partial charge in [0.1, 0.15) is 5.69 Å². The minimum absolute atomic E-state index is 0.0412. The van der Waals surface area contributed by atoms with Crippen molar-refractivity contribution in [2.45, 2.75) is 58.2 Å². The lowest BCUT2D eigenvalue weighted by Crippen LogP contribution is -2.43. The van der Waals surface area contributed by atoms with Crippen LogP contribution in [-0.4, -0.2) is 26.0 Å². The van der Waals surface area contributed by atoms with Crippen molar-refractivity contribution in [3.8, 4) is 23.5 Å². The predicted octanol–water partition coefficient (Wildman–Crippen LogP) is 7.56. The molecule has 1 heterocycles. The summed E-state index contributed by atoms with van der Waals surface area (Å²) < 4.78 is 81.4. The first kappa shape index (κ1) is 31.0. The first-order chi connectivity index (χ1) is 18.2. The minimum Gasteiger partial charge on any atom is -0.312 e. The Morgan fingerprint density at radius 3 is 1.93 bits per heavy atom. The Hall–Kier alpha value is -3.58. The fraction of sp³-hybridized carbons (Fsp3) is 0.333. The number of terminal acetylenes is 1. The van der Waals surface area contributed by atoms with Crippen molar-refractivity contribution >= 4 is 24.9 Å². The lowest BCUT2D eigenvalue weighted by atomic mass is 9.81. The third-order valence-corrected chi connectivity index (χ3v) is 8.93. The Bertz CT molecular complexity index is 1460. The van der Waals surface area contributed by atoms with Crippen LogP contribution >= 0.6 is 0 Å². The summed E-state index contributed by atoms with van der Waals surface area (Å²) in [5, 5.41) is 1.09. The van der Waals surface area contributed by atoms with E-state index in [-0.39, 0.29) is 17.4 Å². The predicted molar refractivity (Wildman–Crippen MR) is 148 cm³/mol. The van der Waals surface area contributed by atoms with E-state index in [1.54, 1.807) is 6.07 Å². The van der Waals surface area contributed by atoms with Crippen LogP contribution in [0.5, 0.6) is 0 Å². The fourth-order valence-electron chi connectivity index (χ4n) is 4.71. The summed E-state index contributed by atoms with van der Waals surface area (Å²) in [6.07, 6.45) is -2.82. The number of carbonyl (C=O) groups excluding carboxylic acids is 1. The molecule has 3 aromatic rings. The third kappa shape index (κ3) is 5.94. The highest BCUT2D eigenvalue weighted by molar-refractivity contribution is 6.89. The summed E-state index contributed by atoms with van der Waals surface area (Å²) in [4.78, 5) is 19.4. The molecule has 10 heteroatoms. The number of hydrogen-bond donors (Lipinski definition) is 0. The number of rotatable bonds is 5. The highest BCUT2D eigenvalue weighted by Gasteiger charge is 2.41. The molecule has 0 radical (unpaired) electrons. The topological polar surface area (TPSA) is 33.2 Å². The standard InChI is InChI=1S/C30H30F6N2OSi/c1-9-23-26(22(13-14-37-23)25-18(2)11-10-12-24(25)40(6,7)8)38(5)27(39)28(3,4)19-15-20(29(31,32)33)17-21(16-19)30(34,35)36/h1,10-17H,2-8H3. The number of aryl methyl sites for hydroxylation is 1. The van der Waals surface area contributed by atoms with E-state index in [1.807, 2.05) is 25.1 Å². The number of halogens is 6. The van der Waals surface area contributed by atoms with Crippen molar-refractivity contribution < 1.29 is 31.1 Å². The Labute approximate surface area is 231 Å². The zero-order valence-corrected chi connectivity index (χ0v) is 24.3. The molecule has 0 spiro atoms. The largest absolute Gasteiger partial charge is 0.416 e. The average Bonchev–Trinajstić information content (AvgIpc) is 2.85. The van der Waals surface area contributed by atoms with Crippen molar-refractivity contribution in [1.29, 1.82) is 0 Å². The van der Waals surface area contributed by atoms with Gasteiger partial charge in [-0.1, -0.05) is 43.0 Å². The normalized spacial score (nSPS) is 12.7. The second kappa shape index (κ2) is 10.4. The van der Waals surface area contributed by atoms with Crippen molar-refractivity contribution in [2.75, 3.05) is 11.9 Å². The maximum atomic E-state index is 14.0. The van der Waals surface area contributed by atoms with Gasteiger partial charge in [-0.25, -0.2) is 4.98 Å². The van der Waals surface area contributed by atoms with Crippen LogP contribution < -0.4 is 10.1 Å². The molecule has 212 valence electrons. The summed E-state index contributed by atoms with van der Waals surface area (Å²) in [5.41, 5.74) is -2.46. The Morgan fingerprint density at radius 2 is 1.45 bits per heavy atom. The molecule has 40 heavy (non-hydrogen) atoms. The van der Waals surface area contributed by atoms with Gasteiger partial charge in [0, 0.05) is 18.8 Å². The summed E-state index contributed by atoms with van der Waals surface area (Å²) >= 11 is 0. The minimum atomic E-state index is -5.05. The van der Waals surface area contributed by atoms with Gasteiger partial charge in [-0.3, -0.25) is 4.79 Å². The smallest absolute Gasteiger partial charge is 0.312 e. The quantitative estimate of drug-likeness (QED) is 0.178. The van der Waals surface area contributed by atoms with E-state index in [1.165, 1.54) is 32.0 Å². The molecule has 3 rings (SSSR count). The van der Waals surface area contributed by atoms with E-state index >= 15 is 0 Å². The van der Waals surface area contributed by atoms with Crippen LogP contribution in [-0.2, 0) is 22.6 Å². The number of alkyl halides is 6. The van der Waals surface area contributed by atoms with Gasteiger partial charge in [-0.2, -0.15) is 26.3 Å². The second-order valence-electron chi connectivity index (χ2n) is 11.2. The zero-order valence-electron chi connectivity index (χ0n) is 23.3. The van der Waals surface area contributed by atoms with Crippen LogP contribution in [0.25, 0.3) is 11.1 Å². The fourth-order valence-corrected chi connectivity index (χ4v) is 6.39. The molecule has 0 unspecified atom stereocenters. The molecule has 0 aliphatic carbocycles. The van der Waals surface area contributed by atoms with Crippen LogP contribution in [0.3, 0.4) is 0 Å². The molecule has 0 saturated heterocycles. The second-order valence-corrected chi connectivity index (χ2v) is 16.3. The molecule has 0 aliphatic heterocycles. The number of aromatic nitrogens is 1. The molecule has 1 aromatic heterocycles. The van der Waals surface area contributed by atoms with Gasteiger partial charge in [0.05, 0.1) is 30.3 Å². The number of hydrogen-bond acceptors (Lipinski definition) is 2. The van der Waals surface area contributed by atoms with Crippen LogP contribution in [0.2, 0.25) is 19.6 Å². The molecule has 2 aromatic carbocycles. The van der Waals surface area contributed by atoms with Crippen molar-refractivity contribution in [3.63, 3.8) is 0 Å². The van der Waals surface area contributed by atoms with E-state index in [0.717, 1.165) is 16.3 Å². The van der Waals surface area contributed by atoms with Crippen LogP contribution in [0, 0.1) is 19.3 Å². The number of carbonyl (C=O) groups is 1. The third-order valence-electron chi connectivity index (χ3n) is 6.90. The lowest BCUT2D eigenvalue weighted by molar-refractivity contribution is -0.143. The SMILES string of the molecule is C#Cc1nccc(-c2c(C)cccc2[Si](C)(C)C)c1N(C)C(=O)C(C)(C)c1cc(C(F)(F)F)cc(C(F)(F)F)c1. The molecular weight excluding hydrogens is 546 g/mol. The van der Waals surface area contributed by atoms with Gasteiger partial charge < -0.3 is 4.90 Å². The van der Waals surface area contributed by atoms with Gasteiger partial charge >= 0.3 is 12.4 Å². The maximum absolute atomic E-state index is 14.0. The zero-order chi connectivity index (χ0) is 30.4. The summed E-state index contributed by atoms with van der Waals surface area (Å²) in [5.74, 6) is 1.72. The van der Waals surface area contributed by atoms with Gasteiger partial charge in [0.2, 0.25) is 5.91 Å². The molecular formula is C30H30F6N2OSi. The Kier molecular flexibility index (Phi) is 8.07. The average molecular weight is 577 g/mol. The molecule has 0 fully saturated rings. The number of pyridine rings is 1. The van der Waals surface area contributed by atoms with Crippen molar-refractivity contribution in [1.82, 2.24) is 4.98 Å². The van der Waals surface area contributed by atoms with Crippen LogP contribution in [0.1, 0.15) is 41.8 Å². The first-order valence-corrected chi connectivity index (χ1v) is 15.9.